The fourth-order valence-electron chi connectivity index (χ4n) is 2.42. The summed E-state index contributed by atoms with van der Waals surface area (Å²) < 4.78 is 0. The Morgan fingerprint density at radius 2 is 2.11 bits per heavy atom. The zero-order valence-electron chi connectivity index (χ0n) is 11.4. The standard InChI is InChI=1S/C15H22N2O/c1-10-9-13(16-3)7-8-14(10)15(18)17-11(2)12-5-4-6-12/h7-9,11-12,16H,4-6H2,1-3H3,(H,17,18). The van der Waals surface area contributed by atoms with E-state index in [1.165, 1.54) is 19.3 Å². The van der Waals surface area contributed by atoms with E-state index in [-0.39, 0.29) is 11.9 Å². The van der Waals surface area contributed by atoms with Gasteiger partial charge in [0.25, 0.3) is 5.91 Å². The molecule has 1 unspecified atom stereocenters. The molecular formula is C15H22N2O. The third-order valence-electron chi connectivity index (χ3n) is 3.98. The molecule has 1 saturated carbocycles. The minimum atomic E-state index is 0.0505. The van der Waals surface area contributed by atoms with Crippen LogP contribution in [0, 0.1) is 12.8 Å². The van der Waals surface area contributed by atoms with E-state index >= 15 is 0 Å². The summed E-state index contributed by atoms with van der Waals surface area (Å²) in [5.41, 5.74) is 2.83. The zero-order valence-corrected chi connectivity index (χ0v) is 11.4. The number of nitrogens with one attached hydrogen (secondary N) is 2. The molecule has 98 valence electrons. The number of carbonyl (C=O) groups excluding carboxylic acids is 1. The molecule has 18 heavy (non-hydrogen) atoms. The smallest absolute Gasteiger partial charge is 0.251 e. The highest BCUT2D eigenvalue weighted by Gasteiger charge is 2.25. The summed E-state index contributed by atoms with van der Waals surface area (Å²) in [5.74, 6) is 0.723. The van der Waals surface area contributed by atoms with E-state index in [1.54, 1.807) is 0 Å². The van der Waals surface area contributed by atoms with Crippen molar-refractivity contribution in [2.24, 2.45) is 5.92 Å². The van der Waals surface area contributed by atoms with Gasteiger partial charge in [-0.15, -0.1) is 0 Å². The van der Waals surface area contributed by atoms with Gasteiger partial charge in [0, 0.05) is 24.3 Å². The van der Waals surface area contributed by atoms with E-state index in [2.05, 4.69) is 17.6 Å². The van der Waals surface area contributed by atoms with E-state index in [1.807, 2.05) is 32.2 Å². The number of rotatable bonds is 4. The Bertz CT molecular complexity index is 438. The molecule has 1 atom stereocenters. The van der Waals surface area contributed by atoms with Gasteiger partial charge in [-0.1, -0.05) is 6.42 Å². The van der Waals surface area contributed by atoms with Crippen LogP contribution in [0.2, 0.25) is 0 Å². The molecule has 0 bridgehead atoms. The molecule has 0 aliphatic heterocycles. The molecule has 0 saturated heterocycles. The number of carbonyl (C=O) groups is 1. The van der Waals surface area contributed by atoms with E-state index in [0.29, 0.717) is 5.92 Å². The van der Waals surface area contributed by atoms with Gasteiger partial charge in [0.2, 0.25) is 0 Å². The van der Waals surface area contributed by atoms with Crippen LogP contribution < -0.4 is 10.6 Å². The van der Waals surface area contributed by atoms with Crippen LogP contribution in [-0.4, -0.2) is 19.0 Å². The van der Waals surface area contributed by atoms with Crippen LogP contribution in [0.15, 0.2) is 18.2 Å². The summed E-state index contributed by atoms with van der Waals surface area (Å²) >= 11 is 0. The Morgan fingerprint density at radius 3 is 2.61 bits per heavy atom. The number of hydrogen-bond donors (Lipinski definition) is 2. The first-order valence-electron chi connectivity index (χ1n) is 6.71. The molecule has 2 N–H and O–H groups in total. The van der Waals surface area contributed by atoms with Crippen molar-refractivity contribution in [3.8, 4) is 0 Å². The second-order valence-corrected chi connectivity index (χ2v) is 5.23. The third kappa shape index (κ3) is 2.66. The molecule has 1 aromatic carbocycles. The molecule has 2 rings (SSSR count). The van der Waals surface area contributed by atoms with Crippen LogP contribution >= 0.6 is 0 Å². The molecule has 3 nitrogen and oxygen atoms in total. The largest absolute Gasteiger partial charge is 0.388 e. The number of benzene rings is 1. The van der Waals surface area contributed by atoms with Crippen LogP contribution in [0.4, 0.5) is 5.69 Å². The fourth-order valence-corrected chi connectivity index (χ4v) is 2.42. The van der Waals surface area contributed by atoms with Gasteiger partial charge in [-0.3, -0.25) is 4.79 Å². The molecule has 1 aromatic rings. The van der Waals surface area contributed by atoms with Gasteiger partial charge in [0.05, 0.1) is 0 Å². The molecule has 1 aliphatic rings. The van der Waals surface area contributed by atoms with Crippen LogP contribution in [-0.2, 0) is 0 Å². The molecule has 1 fully saturated rings. The first kappa shape index (κ1) is 12.9. The lowest BCUT2D eigenvalue weighted by Crippen LogP contribution is -2.40. The van der Waals surface area contributed by atoms with Crippen molar-refractivity contribution in [2.45, 2.75) is 39.2 Å². The Hall–Kier alpha value is -1.51. The van der Waals surface area contributed by atoms with Gasteiger partial charge >= 0.3 is 0 Å². The van der Waals surface area contributed by atoms with Crippen LogP contribution in [0.3, 0.4) is 0 Å². The second-order valence-electron chi connectivity index (χ2n) is 5.23. The summed E-state index contributed by atoms with van der Waals surface area (Å²) in [4.78, 5) is 12.2. The predicted molar refractivity (Wildman–Crippen MR) is 75.0 cm³/mol. The number of hydrogen-bond acceptors (Lipinski definition) is 2. The van der Waals surface area contributed by atoms with Crippen molar-refractivity contribution in [3.05, 3.63) is 29.3 Å². The van der Waals surface area contributed by atoms with Crippen molar-refractivity contribution in [2.75, 3.05) is 12.4 Å². The van der Waals surface area contributed by atoms with E-state index in [4.69, 9.17) is 0 Å². The van der Waals surface area contributed by atoms with Crippen molar-refractivity contribution >= 4 is 11.6 Å². The highest BCUT2D eigenvalue weighted by atomic mass is 16.1. The van der Waals surface area contributed by atoms with Crippen LogP contribution in [0.25, 0.3) is 0 Å². The highest BCUT2D eigenvalue weighted by Crippen LogP contribution is 2.29. The number of anilines is 1. The lowest BCUT2D eigenvalue weighted by molar-refractivity contribution is 0.0908. The minimum Gasteiger partial charge on any atom is -0.388 e. The molecule has 0 heterocycles. The van der Waals surface area contributed by atoms with Gasteiger partial charge in [0.15, 0.2) is 0 Å². The molecule has 0 radical (unpaired) electrons. The van der Waals surface area contributed by atoms with Crippen LogP contribution in [0.5, 0.6) is 0 Å². The molecule has 0 aromatic heterocycles. The van der Waals surface area contributed by atoms with Gasteiger partial charge < -0.3 is 10.6 Å². The maximum absolute atomic E-state index is 12.2. The average Bonchev–Trinajstić information content (AvgIpc) is 2.25. The zero-order chi connectivity index (χ0) is 13.1. The van der Waals surface area contributed by atoms with Crippen molar-refractivity contribution in [1.29, 1.82) is 0 Å². The number of amides is 1. The highest BCUT2D eigenvalue weighted by molar-refractivity contribution is 5.96. The van der Waals surface area contributed by atoms with Crippen molar-refractivity contribution in [3.63, 3.8) is 0 Å². The number of aryl methyl sites for hydroxylation is 1. The Labute approximate surface area is 109 Å². The van der Waals surface area contributed by atoms with Crippen molar-refractivity contribution in [1.82, 2.24) is 5.32 Å². The summed E-state index contributed by atoms with van der Waals surface area (Å²) in [6.45, 7) is 4.09. The molecule has 3 heteroatoms. The summed E-state index contributed by atoms with van der Waals surface area (Å²) in [5, 5.41) is 6.20. The predicted octanol–water partition coefficient (Wildman–Crippen LogP) is 2.96. The fraction of sp³-hybridized carbons (Fsp3) is 0.533. The summed E-state index contributed by atoms with van der Waals surface area (Å²) in [6.07, 6.45) is 3.80. The second kappa shape index (κ2) is 5.42. The SMILES string of the molecule is CNc1ccc(C(=O)NC(C)C2CCC2)c(C)c1. The molecule has 1 amide bonds. The monoisotopic (exact) mass is 246 g/mol. The average molecular weight is 246 g/mol. The quantitative estimate of drug-likeness (QED) is 0.857. The first-order valence-corrected chi connectivity index (χ1v) is 6.71. The lowest BCUT2D eigenvalue weighted by Gasteiger charge is -2.32. The maximum atomic E-state index is 12.2. The summed E-state index contributed by atoms with van der Waals surface area (Å²) in [7, 11) is 1.88. The normalized spacial score (nSPS) is 16.8. The Kier molecular flexibility index (Phi) is 3.90. The molecular weight excluding hydrogens is 224 g/mol. The first-order chi connectivity index (χ1) is 8.61. The van der Waals surface area contributed by atoms with Gasteiger partial charge in [-0.2, -0.15) is 0 Å². The van der Waals surface area contributed by atoms with E-state index in [9.17, 15) is 4.79 Å². The maximum Gasteiger partial charge on any atom is 0.251 e. The van der Waals surface area contributed by atoms with Crippen LogP contribution in [0.1, 0.15) is 42.1 Å². The molecule has 0 spiro atoms. The Balaban J connectivity index is 2.03. The summed E-state index contributed by atoms with van der Waals surface area (Å²) in [6, 6.07) is 6.12. The third-order valence-corrected chi connectivity index (χ3v) is 3.98. The van der Waals surface area contributed by atoms with Gasteiger partial charge in [0.1, 0.15) is 0 Å². The lowest BCUT2D eigenvalue weighted by atomic mass is 9.80. The van der Waals surface area contributed by atoms with E-state index < -0.39 is 0 Å². The van der Waals surface area contributed by atoms with E-state index in [0.717, 1.165) is 16.8 Å². The topological polar surface area (TPSA) is 41.1 Å². The van der Waals surface area contributed by atoms with Crippen molar-refractivity contribution < 1.29 is 4.79 Å². The van der Waals surface area contributed by atoms with Gasteiger partial charge in [-0.25, -0.2) is 0 Å². The minimum absolute atomic E-state index is 0.0505. The van der Waals surface area contributed by atoms with Gasteiger partial charge in [-0.05, 0) is 56.4 Å². The molecule has 1 aliphatic carbocycles. The Morgan fingerprint density at radius 1 is 1.39 bits per heavy atom.